The summed E-state index contributed by atoms with van der Waals surface area (Å²) in [5, 5.41) is 2.46. The minimum atomic E-state index is -3.76. The first-order valence-electron chi connectivity index (χ1n) is 7.08. The Bertz CT molecular complexity index is 891. The van der Waals surface area contributed by atoms with Crippen LogP contribution in [0.2, 0.25) is 5.02 Å². The second-order valence-corrected chi connectivity index (χ2v) is 8.28. The zero-order valence-electron chi connectivity index (χ0n) is 13.5. The van der Waals surface area contributed by atoms with Crippen LogP contribution in [0.3, 0.4) is 0 Å². The molecule has 5 nitrogen and oxygen atoms in total. The van der Waals surface area contributed by atoms with E-state index in [0.717, 1.165) is 21.5 Å². The van der Waals surface area contributed by atoms with Crippen molar-refractivity contribution in [3.8, 4) is 0 Å². The molecule has 9 heteroatoms. The number of thioether (sulfide) groups is 1. The molecule has 0 heterocycles. The van der Waals surface area contributed by atoms with Gasteiger partial charge in [-0.2, -0.15) is 0 Å². The van der Waals surface area contributed by atoms with Crippen LogP contribution < -0.4 is 9.62 Å². The van der Waals surface area contributed by atoms with Gasteiger partial charge in [-0.15, -0.1) is 11.8 Å². The van der Waals surface area contributed by atoms with Crippen LogP contribution in [0.15, 0.2) is 47.4 Å². The molecule has 0 saturated heterocycles. The second-order valence-electron chi connectivity index (χ2n) is 5.12. The minimum Gasteiger partial charge on any atom is -0.323 e. The highest BCUT2D eigenvalue weighted by Crippen LogP contribution is 2.26. The van der Waals surface area contributed by atoms with E-state index in [9.17, 15) is 17.6 Å². The van der Waals surface area contributed by atoms with Gasteiger partial charge in [0.1, 0.15) is 12.4 Å². The van der Waals surface area contributed by atoms with Crippen molar-refractivity contribution in [1.82, 2.24) is 0 Å². The Morgan fingerprint density at radius 1 is 1.28 bits per heavy atom. The van der Waals surface area contributed by atoms with Crippen LogP contribution in [0.1, 0.15) is 0 Å². The maximum absolute atomic E-state index is 13.3. The average molecular weight is 403 g/mol. The summed E-state index contributed by atoms with van der Waals surface area (Å²) < 4.78 is 38.3. The fraction of sp³-hybridized carbons (Fsp3) is 0.188. The summed E-state index contributed by atoms with van der Waals surface area (Å²) in [4.78, 5) is 13.2. The first-order valence-corrected chi connectivity index (χ1v) is 10.5. The van der Waals surface area contributed by atoms with Crippen molar-refractivity contribution >= 4 is 50.7 Å². The zero-order chi connectivity index (χ0) is 18.6. The Labute approximate surface area is 155 Å². The fourth-order valence-corrected chi connectivity index (χ4v) is 3.68. The highest BCUT2D eigenvalue weighted by atomic mass is 35.5. The summed E-state index contributed by atoms with van der Waals surface area (Å²) in [5.41, 5.74) is 0.702. The quantitative estimate of drug-likeness (QED) is 0.749. The number of carbonyl (C=O) groups excluding carboxylic acids is 1. The van der Waals surface area contributed by atoms with E-state index in [0.29, 0.717) is 5.69 Å². The maximum Gasteiger partial charge on any atom is 0.245 e. The van der Waals surface area contributed by atoms with Gasteiger partial charge in [0.15, 0.2) is 0 Å². The van der Waals surface area contributed by atoms with E-state index in [2.05, 4.69) is 5.32 Å². The Morgan fingerprint density at radius 3 is 2.56 bits per heavy atom. The van der Waals surface area contributed by atoms with Crippen LogP contribution in [0, 0.1) is 5.82 Å². The number of carbonyl (C=O) groups is 1. The molecule has 0 aliphatic heterocycles. The number of benzene rings is 2. The lowest BCUT2D eigenvalue weighted by Gasteiger charge is -2.22. The lowest BCUT2D eigenvalue weighted by atomic mass is 10.3. The molecule has 134 valence electrons. The van der Waals surface area contributed by atoms with Crippen LogP contribution in [-0.4, -0.2) is 33.4 Å². The van der Waals surface area contributed by atoms with Crippen LogP contribution in [0.5, 0.6) is 0 Å². The third kappa shape index (κ3) is 5.10. The molecule has 0 spiro atoms. The first kappa shape index (κ1) is 19.6. The van der Waals surface area contributed by atoms with Crippen LogP contribution >= 0.6 is 23.4 Å². The minimum absolute atomic E-state index is 0.113. The van der Waals surface area contributed by atoms with E-state index in [-0.39, 0.29) is 10.7 Å². The van der Waals surface area contributed by atoms with Crippen molar-refractivity contribution in [1.29, 1.82) is 0 Å². The number of nitrogens with zero attached hydrogens (tertiary/aromatic N) is 1. The van der Waals surface area contributed by atoms with Crippen molar-refractivity contribution in [2.45, 2.75) is 4.90 Å². The SMILES string of the molecule is CSc1ccccc1NC(=O)CN(c1ccc(F)c(Cl)c1)S(C)(=O)=O. The molecule has 2 aromatic carbocycles. The lowest BCUT2D eigenvalue weighted by Crippen LogP contribution is -2.37. The zero-order valence-corrected chi connectivity index (χ0v) is 15.9. The summed E-state index contributed by atoms with van der Waals surface area (Å²) in [7, 11) is -3.76. The van der Waals surface area contributed by atoms with E-state index < -0.39 is 28.3 Å². The molecule has 0 aliphatic rings. The Kier molecular flexibility index (Phi) is 6.31. The topological polar surface area (TPSA) is 66.5 Å². The predicted molar refractivity (Wildman–Crippen MR) is 100 cm³/mol. The van der Waals surface area contributed by atoms with Gasteiger partial charge in [-0.05, 0) is 36.6 Å². The molecule has 1 N–H and O–H groups in total. The number of rotatable bonds is 6. The van der Waals surface area contributed by atoms with Gasteiger partial charge in [0, 0.05) is 4.90 Å². The largest absolute Gasteiger partial charge is 0.323 e. The molecule has 0 radical (unpaired) electrons. The molecule has 0 aliphatic carbocycles. The fourth-order valence-electron chi connectivity index (χ4n) is 2.11. The van der Waals surface area contributed by atoms with E-state index in [4.69, 9.17) is 11.6 Å². The van der Waals surface area contributed by atoms with Crippen LogP contribution in [-0.2, 0) is 14.8 Å². The summed E-state index contributed by atoms with van der Waals surface area (Å²) in [6.07, 6.45) is 2.84. The molecule has 0 aromatic heterocycles. The number of sulfonamides is 1. The van der Waals surface area contributed by atoms with Crippen molar-refractivity contribution in [2.24, 2.45) is 0 Å². The standard InChI is InChI=1S/C16H16ClFN2O3S2/c1-24-15-6-4-3-5-14(15)19-16(21)10-20(25(2,22)23)11-7-8-13(18)12(17)9-11/h3-9H,10H2,1-2H3,(H,19,21). The van der Waals surface area contributed by atoms with Gasteiger partial charge in [0.25, 0.3) is 0 Å². The Morgan fingerprint density at radius 2 is 1.96 bits per heavy atom. The predicted octanol–water partition coefficient (Wildman–Crippen LogP) is 3.61. The number of halogens is 2. The van der Waals surface area contributed by atoms with Crippen molar-refractivity contribution in [2.75, 3.05) is 28.7 Å². The molecule has 2 aromatic rings. The third-order valence-electron chi connectivity index (χ3n) is 3.26. The van der Waals surface area contributed by atoms with Crippen molar-refractivity contribution in [3.05, 3.63) is 53.3 Å². The van der Waals surface area contributed by atoms with Gasteiger partial charge in [-0.3, -0.25) is 9.10 Å². The molecule has 25 heavy (non-hydrogen) atoms. The normalized spacial score (nSPS) is 11.2. The van der Waals surface area contributed by atoms with Gasteiger partial charge < -0.3 is 5.32 Å². The van der Waals surface area contributed by atoms with E-state index in [1.807, 2.05) is 18.4 Å². The van der Waals surface area contributed by atoms with E-state index >= 15 is 0 Å². The van der Waals surface area contributed by atoms with Gasteiger partial charge in [0.2, 0.25) is 15.9 Å². The molecule has 1 amide bonds. The molecule has 2 rings (SSSR count). The second kappa shape index (κ2) is 8.07. The van der Waals surface area contributed by atoms with Crippen LogP contribution in [0.4, 0.5) is 15.8 Å². The number of nitrogens with one attached hydrogen (secondary N) is 1. The summed E-state index contributed by atoms with van der Waals surface area (Å²) in [5.74, 6) is -1.19. The Balaban J connectivity index is 2.25. The molecular formula is C16H16ClFN2O3S2. The smallest absolute Gasteiger partial charge is 0.245 e. The van der Waals surface area contributed by atoms with Gasteiger partial charge in [-0.1, -0.05) is 23.7 Å². The molecule has 0 fully saturated rings. The van der Waals surface area contributed by atoms with E-state index in [1.165, 1.54) is 23.9 Å². The monoisotopic (exact) mass is 402 g/mol. The van der Waals surface area contributed by atoms with Gasteiger partial charge in [-0.25, -0.2) is 12.8 Å². The highest BCUT2D eigenvalue weighted by Gasteiger charge is 2.22. The number of amides is 1. The third-order valence-corrected chi connectivity index (χ3v) is 5.49. The molecule has 0 bridgehead atoms. The molecule has 0 unspecified atom stereocenters. The number of hydrogen-bond donors (Lipinski definition) is 1. The number of anilines is 2. The Hall–Kier alpha value is -1.77. The maximum atomic E-state index is 13.3. The molecule has 0 saturated carbocycles. The van der Waals surface area contributed by atoms with Crippen LogP contribution in [0.25, 0.3) is 0 Å². The summed E-state index contributed by atoms with van der Waals surface area (Å²) in [6, 6.07) is 10.6. The number of para-hydroxylation sites is 1. The number of hydrogen-bond acceptors (Lipinski definition) is 4. The van der Waals surface area contributed by atoms with Crippen molar-refractivity contribution < 1.29 is 17.6 Å². The first-order chi connectivity index (χ1) is 11.7. The van der Waals surface area contributed by atoms with Gasteiger partial charge in [0.05, 0.1) is 22.7 Å². The van der Waals surface area contributed by atoms with E-state index in [1.54, 1.807) is 12.1 Å². The molecular weight excluding hydrogens is 387 g/mol. The summed E-state index contributed by atoms with van der Waals surface area (Å²) >= 11 is 7.17. The highest BCUT2D eigenvalue weighted by molar-refractivity contribution is 7.98. The van der Waals surface area contributed by atoms with Crippen molar-refractivity contribution in [3.63, 3.8) is 0 Å². The molecule has 0 atom stereocenters. The van der Waals surface area contributed by atoms with Gasteiger partial charge >= 0.3 is 0 Å². The lowest BCUT2D eigenvalue weighted by molar-refractivity contribution is -0.114. The average Bonchev–Trinajstić information content (AvgIpc) is 2.55. The summed E-state index contributed by atoms with van der Waals surface area (Å²) in [6.45, 7) is -0.455.